The highest BCUT2D eigenvalue weighted by Crippen LogP contribution is 2.40. The van der Waals surface area contributed by atoms with Crippen molar-refractivity contribution >= 4 is 35.2 Å². The van der Waals surface area contributed by atoms with Crippen LogP contribution in [0.4, 0.5) is 9.18 Å². The summed E-state index contributed by atoms with van der Waals surface area (Å²) in [4.78, 5) is 60.9. The quantitative estimate of drug-likeness (QED) is 0.322. The number of ether oxygens (including phenoxy) is 2. The lowest BCUT2D eigenvalue weighted by atomic mass is 9.85. The average Bonchev–Trinajstić information content (AvgIpc) is 3.35. The van der Waals surface area contributed by atoms with Gasteiger partial charge in [0.2, 0.25) is 11.8 Å². The Hall–Kier alpha value is -3.74. The fourth-order valence-corrected chi connectivity index (χ4v) is 6.94. The van der Waals surface area contributed by atoms with Gasteiger partial charge in [0.25, 0.3) is 5.91 Å². The summed E-state index contributed by atoms with van der Waals surface area (Å²) in [7, 11) is 0. The van der Waals surface area contributed by atoms with Crippen molar-refractivity contribution in [2.75, 3.05) is 26.2 Å². The molecule has 3 aliphatic rings. The van der Waals surface area contributed by atoms with Gasteiger partial charge in [-0.05, 0) is 82.8 Å². The van der Waals surface area contributed by atoms with Gasteiger partial charge in [-0.15, -0.1) is 11.3 Å². The fourth-order valence-electron chi connectivity index (χ4n) is 6.13. The topological polar surface area (TPSA) is 130 Å². The van der Waals surface area contributed by atoms with Gasteiger partial charge in [-0.1, -0.05) is 32.9 Å². The van der Waals surface area contributed by atoms with Crippen LogP contribution in [0.3, 0.4) is 0 Å². The number of carbonyl (C=O) groups excluding carboxylic acids is 4. The van der Waals surface area contributed by atoms with Crippen LogP contribution in [-0.4, -0.2) is 88.2 Å². The first-order chi connectivity index (χ1) is 22.9. The van der Waals surface area contributed by atoms with Crippen molar-refractivity contribution in [3.8, 4) is 16.2 Å². The number of aryl methyl sites for hydroxylation is 1. The molecule has 1 saturated carbocycles. The number of hydrogen-bond acceptors (Lipinski definition) is 8. The lowest BCUT2D eigenvalue weighted by molar-refractivity contribution is -0.144. The summed E-state index contributed by atoms with van der Waals surface area (Å²) in [6.45, 7) is 15.2. The number of aromatic nitrogens is 1. The zero-order chi connectivity index (χ0) is 35.7. The number of benzene rings is 1. The predicted octanol–water partition coefficient (Wildman–Crippen LogP) is 5.39. The molecule has 5 rings (SSSR count). The SMILES string of the molecule is Cc1ncsc1-c1ccc(CNC(=O)[C@@H]2CCCN2C(=O)C(NC(=O)C2(F)CC2)C(C)(C)C)c(OCCC2CN(C(=O)OC(C)(C)C)C2)c1. The van der Waals surface area contributed by atoms with E-state index in [4.69, 9.17) is 9.47 Å². The number of hydrogen-bond donors (Lipinski definition) is 2. The third-order valence-electron chi connectivity index (χ3n) is 9.24. The normalized spacial score (nSPS) is 19.6. The second-order valence-electron chi connectivity index (χ2n) is 15.6. The molecule has 49 heavy (non-hydrogen) atoms. The summed E-state index contributed by atoms with van der Waals surface area (Å²) in [5.74, 6) is -0.488. The Morgan fingerprint density at radius 1 is 1.12 bits per heavy atom. The van der Waals surface area contributed by atoms with Gasteiger partial charge in [0, 0.05) is 31.7 Å². The summed E-state index contributed by atoms with van der Waals surface area (Å²) in [6.07, 6.45) is 1.90. The minimum absolute atomic E-state index is 0.155. The van der Waals surface area contributed by atoms with Crippen LogP contribution < -0.4 is 15.4 Å². The van der Waals surface area contributed by atoms with Crippen molar-refractivity contribution in [2.24, 2.45) is 11.3 Å². The largest absolute Gasteiger partial charge is 0.493 e. The van der Waals surface area contributed by atoms with E-state index in [1.807, 2.05) is 66.7 Å². The number of likely N-dealkylation sites (tertiary alicyclic amines) is 2. The van der Waals surface area contributed by atoms with Crippen LogP contribution in [0.2, 0.25) is 0 Å². The van der Waals surface area contributed by atoms with Crippen molar-refractivity contribution in [3.05, 3.63) is 35.0 Å². The molecule has 11 nitrogen and oxygen atoms in total. The first-order valence-electron chi connectivity index (χ1n) is 17.2. The van der Waals surface area contributed by atoms with Crippen LogP contribution >= 0.6 is 11.3 Å². The molecular formula is C36H50FN5O6S. The summed E-state index contributed by atoms with van der Waals surface area (Å²) in [5.41, 5.74) is 1.36. The van der Waals surface area contributed by atoms with Crippen LogP contribution in [0.1, 0.15) is 84.9 Å². The maximum atomic E-state index is 14.5. The van der Waals surface area contributed by atoms with E-state index >= 15 is 0 Å². The lowest BCUT2D eigenvalue weighted by Crippen LogP contribution is -2.58. The van der Waals surface area contributed by atoms with Gasteiger partial charge in [-0.2, -0.15) is 0 Å². The monoisotopic (exact) mass is 699 g/mol. The smallest absolute Gasteiger partial charge is 0.410 e. The maximum Gasteiger partial charge on any atom is 0.410 e. The van der Waals surface area contributed by atoms with Gasteiger partial charge in [-0.25, -0.2) is 14.2 Å². The minimum atomic E-state index is -1.90. The second kappa shape index (κ2) is 14.2. The van der Waals surface area contributed by atoms with Gasteiger partial charge in [0.05, 0.1) is 22.7 Å². The van der Waals surface area contributed by atoms with Gasteiger partial charge in [0.1, 0.15) is 23.4 Å². The van der Waals surface area contributed by atoms with Crippen molar-refractivity contribution < 1.29 is 33.0 Å². The Balaban J connectivity index is 1.22. The standard InChI is InChI=1S/C36H50FN5O6S/c1-22-28(49-21-39-22)24-10-11-25(27(17-24)47-16-12-23-19-41(20-23)33(46)48-35(5,6)7)18-38-30(43)26-9-8-15-42(26)31(44)29(34(2,3)4)40-32(45)36(37)13-14-36/h10-11,17,21,23,26,29H,8-9,12-16,18-20H2,1-7H3,(H,38,43)(H,40,45)/t26-,29?/m0/s1. The molecule has 1 aliphatic carbocycles. The van der Waals surface area contributed by atoms with E-state index in [1.165, 1.54) is 4.90 Å². The molecule has 0 spiro atoms. The highest BCUT2D eigenvalue weighted by molar-refractivity contribution is 7.13. The van der Waals surface area contributed by atoms with E-state index in [9.17, 15) is 23.6 Å². The number of alkyl halides is 1. The molecule has 268 valence electrons. The zero-order valence-electron chi connectivity index (χ0n) is 29.7. The van der Waals surface area contributed by atoms with E-state index in [-0.39, 0.29) is 37.3 Å². The van der Waals surface area contributed by atoms with E-state index in [0.717, 1.165) is 28.1 Å². The van der Waals surface area contributed by atoms with Gasteiger partial charge >= 0.3 is 6.09 Å². The maximum absolute atomic E-state index is 14.5. The molecule has 1 aromatic heterocycles. The molecule has 2 saturated heterocycles. The van der Waals surface area contributed by atoms with Crippen molar-refractivity contribution in [2.45, 2.75) is 110 Å². The molecule has 3 heterocycles. The summed E-state index contributed by atoms with van der Waals surface area (Å²) < 4.78 is 26.3. The molecule has 0 bridgehead atoms. The predicted molar refractivity (Wildman–Crippen MR) is 185 cm³/mol. The highest BCUT2D eigenvalue weighted by Gasteiger charge is 2.53. The number of amides is 4. The molecule has 1 aromatic carbocycles. The molecule has 2 N–H and O–H groups in total. The Morgan fingerprint density at radius 2 is 1.84 bits per heavy atom. The zero-order valence-corrected chi connectivity index (χ0v) is 30.5. The molecule has 2 aromatic rings. The van der Waals surface area contributed by atoms with Crippen LogP contribution in [0, 0.1) is 18.3 Å². The highest BCUT2D eigenvalue weighted by atomic mass is 32.1. The number of carbonyl (C=O) groups is 4. The molecule has 2 atom stereocenters. The molecule has 2 aliphatic heterocycles. The average molecular weight is 700 g/mol. The van der Waals surface area contributed by atoms with Crippen molar-refractivity contribution in [1.82, 2.24) is 25.4 Å². The molecular weight excluding hydrogens is 649 g/mol. The van der Waals surface area contributed by atoms with E-state index in [0.29, 0.717) is 50.8 Å². The van der Waals surface area contributed by atoms with Crippen molar-refractivity contribution in [3.63, 3.8) is 0 Å². The third kappa shape index (κ3) is 8.90. The third-order valence-corrected chi connectivity index (χ3v) is 10.2. The first kappa shape index (κ1) is 36.5. The number of nitrogens with one attached hydrogen (secondary N) is 2. The molecule has 4 amide bonds. The molecule has 13 heteroatoms. The number of halogens is 1. The molecule has 1 unspecified atom stereocenters. The Kier molecular flexibility index (Phi) is 10.6. The number of rotatable bonds is 11. The number of nitrogens with zero attached hydrogens (tertiary/aromatic N) is 3. The van der Waals surface area contributed by atoms with E-state index in [1.54, 1.807) is 21.7 Å². The van der Waals surface area contributed by atoms with E-state index in [2.05, 4.69) is 15.6 Å². The van der Waals surface area contributed by atoms with Crippen molar-refractivity contribution in [1.29, 1.82) is 0 Å². The summed E-state index contributed by atoms with van der Waals surface area (Å²) in [6, 6.07) is 4.22. The second-order valence-corrected chi connectivity index (χ2v) is 16.5. The van der Waals surface area contributed by atoms with Crippen LogP contribution in [0.25, 0.3) is 10.4 Å². The van der Waals surface area contributed by atoms with Gasteiger partial charge in [0.15, 0.2) is 5.67 Å². The lowest BCUT2D eigenvalue weighted by Gasteiger charge is -2.39. The van der Waals surface area contributed by atoms with Gasteiger partial charge < -0.3 is 29.9 Å². The first-order valence-corrected chi connectivity index (χ1v) is 18.1. The Bertz CT molecular complexity index is 1560. The summed E-state index contributed by atoms with van der Waals surface area (Å²) >= 11 is 1.55. The molecule has 0 radical (unpaired) electrons. The van der Waals surface area contributed by atoms with Crippen LogP contribution in [0.15, 0.2) is 23.7 Å². The Morgan fingerprint density at radius 3 is 2.45 bits per heavy atom. The van der Waals surface area contributed by atoms with Crippen LogP contribution in [0.5, 0.6) is 5.75 Å². The minimum Gasteiger partial charge on any atom is -0.493 e. The summed E-state index contributed by atoms with van der Waals surface area (Å²) in [5, 5.41) is 5.67. The van der Waals surface area contributed by atoms with E-state index < -0.39 is 34.7 Å². The number of thiazole rings is 1. The van der Waals surface area contributed by atoms with Gasteiger partial charge in [-0.3, -0.25) is 14.4 Å². The van der Waals surface area contributed by atoms with Crippen LogP contribution in [-0.2, 0) is 25.7 Å². The Labute approximate surface area is 292 Å². The molecule has 3 fully saturated rings. The fraction of sp³-hybridized carbons (Fsp3) is 0.639.